The molecule has 7 N–H and O–H groups in total. The fourth-order valence-corrected chi connectivity index (χ4v) is 3.82. The molecule has 0 aromatic heterocycles. The largest absolute Gasteiger partial charge is 0.394 e. The summed E-state index contributed by atoms with van der Waals surface area (Å²) < 4.78 is 0. The number of hydrogen-bond acceptors (Lipinski definition) is 4. The van der Waals surface area contributed by atoms with Crippen LogP contribution in [0, 0.1) is 11.8 Å². The van der Waals surface area contributed by atoms with Crippen molar-refractivity contribution in [3.05, 3.63) is 0 Å². The number of aliphatic hydroxyl groups is 2. The van der Waals surface area contributed by atoms with Gasteiger partial charge in [0.05, 0.1) is 18.8 Å². The highest BCUT2D eigenvalue weighted by molar-refractivity contribution is 5.72. The number of primary amides is 1. The first-order valence-corrected chi connectivity index (χ1v) is 9.46. The van der Waals surface area contributed by atoms with Crippen LogP contribution in [-0.2, 0) is 0 Å². The minimum absolute atomic E-state index is 0.177. The Morgan fingerprint density at radius 2 is 1.38 bits per heavy atom. The third-order valence-corrected chi connectivity index (χ3v) is 5.35. The van der Waals surface area contributed by atoms with Gasteiger partial charge in [0, 0.05) is 6.04 Å². The van der Waals surface area contributed by atoms with E-state index in [1.165, 1.54) is 64.2 Å². The minimum atomic E-state index is -0.806. The third-order valence-electron chi connectivity index (χ3n) is 5.35. The molecule has 0 heterocycles. The predicted molar refractivity (Wildman–Crippen MR) is 96.4 cm³/mol. The van der Waals surface area contributed by atoms with Crippen molar-refractivity contribution >= 4 is 6.03 Å². The molecule has 0 atom stereocenters. The Morgan fingerprint density at radius 1 is 1.00 bits per heavy atom. The van der Waals surface area contributed by atoms with Crippen molar-refractivity contribution in [1.82, 2.24) is 5.32 Å². The SMILES string of the molecule is CC(N)(CO)CO.NC(=O)NC(C1CCCCC1)C1CCCCC1. The van der Waals surface area contributed by atoms with E-state index in [9.17, 15) is 4.79 Å². The van der Waals surface area contributed by atoms with Crippen molar-refractivity contribution in [2.24, 2.45) is 23.3 Å². The molecule has 2 amide bonds. The highest BCUT2D eigenvalue weighted by Crippen LogP contribution is 2.35. The van der Waals surface area contributed by atoms with E-state index in [1.807, 2.05) is 0 Å². The predicted octanol–water partition coefficient (Wildman–Crippen LogP) is 1.87. The summed E-state index contributed by atoms with van der Waals surface area (Å²) in [7, 11) is 0. The minimum Gasteiger partial charge on any atom is -0.394 e. The number of carbonyl (C=O) groups is 1. The van der Waals surface area contributed by atoms with Gasteiger partial charge in [-0.05, 0) is 44.4 Å². The van der Waals surface area contributed by atoms with E-state index in [0.717, 1.165) is 0 Å². The maximum absolute atomic E-state index is 11.2. The summed E-state index contributed by atoms with van der Waals surface area (Å²) in [5.41, 5.74) is 9.77. The third kappa shape index (κ3) is 7.81. The zero-order valence-corrected chi connectivity index (χ0v) is 15.2. The lowest BCUT2D eigenvalue weighted by atomic mass is 9.74. The Hall–Kier alpha value is -0.850. The van der Waals surface area contributed by atoms with Crippen molar-refractivity contribution < 1.29 is 15.0 Å². The first-order valence-electron chi connectivity index (χ1n) is 9.46. The molecule has 0 radical (unpaired) electrons. The number of carbonyl (C=O) groups excluding carboxylic acids is 1. The van der Waals surface area contributed by atoms with E-state index >= 15 is 0 Å². The smallest absolute Gasteiger partial charge is 0.312 e. The van der Waals surface area contributed by atoms with Crippen LogP contribution >= 0.6 is 0 Å². The zero-order valence-electron chi connectivity index (χ0n) is 15.2. The van der Waals surface area contributed by atoms with Crippen LogP contribution in [0.25, 0.3) is 0 Å². The maximum Gasteiger partial charge on any atom is 0.312 e. The Balaban J connectivity index is 0.000000351. The molecule has 0 aromatic rings. The van der Waals surface area contributed by atoms with Crippen LogP contribution in [0.3, 0.4) is 0 Å². The van der Waals surface area contributed by atoms with E-state index in [0.29, 0.717) is 17.9 Å². The Kier molecular flexibility index (Phi) is 9.63. The first-order chi connectivity index (χ1) is 11.4. The first kappa shape index (κ1) is 21.2. The summed E-state index contributed by atoms with van der Waals surface area (Å²) in [4.78, 5) is 11.2. The lowest BCUT2D eigenvalue weighted by Gasteiger charge is -2.37. The van der Waals surface area contributed by atoms with E-state index < -0.39 is 5.54 Å². The van der Waals surface area contributed by atoms with Gasteiger partial charge in [-0.3, -0.25) is 0 Å². The average Bonchev–Trinajstić information content (AvgIpc) is 2.61. The lowest BCUT2D eigenvalue weighted by molar-refractivity contribution is 0.134. The zero-order chi connectivity index (χ0) is 18.0. The molecule has 0 unspecified atom stereocenters. The molecule has 2 rings (SSSR count). The second-order valence-electron chi connectivity index (χ2n) is 7.80. The summed E-state index contributed by atoms with van der Waals surface area (Å²) in [5.74, 6) is 1.36. The molecule has 24 heavy (non-hydrogen) atoms. The normalized spacial score (nSPS) is 20.4. The number of amides is 2. The van der Waals surface area contributed by atoms with Crippen LogP contribution in [0.15, 0.2) is 0 Å². The molecule has 2 fully saturated rings. The summed E-state index contributed by atoms with van der Waals surface area (Å²) in [6, 6.07) is 0.0271. The Labute approximate surface area is 146 Å². The lowest BCUT2D eigenvalue weighted by Crippen LogP contribution is -2.48. The molecule has 6 nitrogen and oxygen atoms in total. The fraction of sp³-hybridized carbons (Fsp3) is 0.944. The molecule has 0 aromatic carbocycles. The van der Waals surface area contributed by atoms with E-state index in [4.69, 9.17) is 21.7 Å². The van der Waals surface area contributed by atoms with Crippen LogP contribution in [0.2, 0.25) is 0 Å². The average molecular weight is 344 g/mol. The van der Waals surface area contributed by atoms with Crippen molar-refractivity contribution in [1.29, 1.82) is 0 Å². The molecule has 2 aliphatic carbocycles. The second kappa shape index (κ2) is 10.9. The van der Waals surface area contributed by atoms with Gasteiger partial charge in [-0.15, -0.1) is 0 Å². The quantitative estimate of drug-likeness (QED) is 0.523. The van der Waals surface area contributed by atoms with Crippen molar-refractivity contribution in [2.45, 2.75) is 82.7 Å². The molecule has 142 valence electrons. The van der Waals surface area contributed by atoms with E-state index in [1.54, 1.807) is 6.92 Å². The van der Waals surface area contributed by atoms with Gasteiger partial charge in [0.25, 0.3) is 0 Å². The molecule has 0 aliphatic heterocycles. The molecule has 2 saturated carbocycles. The Bertz CT molecular complexity index is 327. The van der Waals surface area contributed by atoms with Crippen LogP contribution in [-0.4, -0.2) is 41.0 Å². The highest BCUT2D eigenvalue weighted by Gasteiger charge is 2.31. The van der Waals surface area contributed by atoms with Crippen LogP contribution in [0.5, 0.6) is 0 Å². The van der Waals surface area contributed by atoms with Gasteiger partial charge in [0.15, 0.2) is 0 Å². The topological polar surface area (TPSA) is 122 Å². The fourth-order valence-electron chi connectivity index (χ4n) is 3.82. The van der Waals surface area contributed by atoms with Crippen molar-refractivity contribution in [3.8, 4) is 0 Å². The summed E-state index contributed by atoms with van der Waals surface area (Å²) >= 11 is 0. The number of nitrogens with one attached hydrogen (secondary N) is 1. The molecule has 0 bridgehead atoms. The van der Waals surface area contributed by atoms with Gasteiger partial charge in [-0.25, -0.2) is 4.79 Å². The monoisotopic (exact) mass is 343 g/mol. The molecule has 2 aliphatic rings. The number of hydrogen-bond donors (Lipinski definition) is 5. The molecule has 0 saturated heterocycles. The maximum atomic E-state index is 11.2. The summed E-state index contributed by atoms with van der Waals surface area (Å²) in [6.07, 6.45) is 13.2. The Morgan fingerprint density at radius 3 is 1.62 bits per heavy atom. The van der Waals surface area contributed by atoms with Crippen LogP contribution in [0.1, 0.15) is 71.1 Å². The van der Waals surface area contributed by atoms with E-state index in [2.05, 4.69) is 5.32 Å². The van der Waals surface area contributed by atoms with Gasteiger partial charge >= 0.3 is 6.03 Å². The molecular weight excluding hydrogens is 306 g/mol. The second-order valence-corrected chi connectivity index (χ2v) is 7.80. The van der Waals surface area contributed by atoms with Gasteiger partial charge in [-0.2, -0.15) is 0 Å². The number of rotatable bonds is 5. The summed E-state index contributed by atoms with van der Waals surface area (Å²) in [6.45, 7) is 1.22. The molecule has 0 spiro atoms. The van der Waals surface area contributed by atoms with E-state index in [-0.39, 0.29) is 19.2 Å². The van der Waals surface area contributed by atoms with Crippen LogP contribution in [0.4, 0.5) is 4.79 Å². The van der Waals surface area contributed by atoms with Crippen molar-refractivity contribution in [2.75, 3.05) is 13.2 Å². The van der Waals surface area contributed by atoms with Crippen LogP contribution < -0.4 is 16.8 Å². The standard InChI is InChI=1S/C14H26N2O.C4H11NO2/c15-14(17)16-13(11-7-3-1-4-8-11)12-9-5-2-6-10-12;1-4(5,2-6)3-7/h11-13H,1-10H2,(H3,15,16,17);6-7H,2-3,5H2,1H3. The number of urea groups is 1. The van der Waals surface area contributed by atoms with Gasteiger partial charge < -0.3 is 27.0 Å². The summed E-state index contributed by atoms with van der Waals surface area (Å²) in [5, 5.41) is 19.7. The van der Waals surface area contributed by atoms with Crippen molar-refractivity contribution in [3.63, 3.8) is 0 Å². The van der Waals surface area contributed by atoms with Gasteiger partial charge in [-0.1, -0.05) is 38.5 Å². The van der Waals surface area contributed by atoms with Gasteiger partial charge in [0.2, 0.25) is 0 Å². The highest BCUT2D eigenvalue weighted by atomic mass is 16.3. The molecular formula is C18H37N3O3. The number of nitrogens with two attached hydrogens (primary N) is 2. The number of aliphatic hydroxyl groups excluding tert-OH is 2. The van der Waals surface area contributed by atoms with Gasteiger partial charge in [0.1, 0.15) is 0 Å². The molecule has 6 heteroatoms.